The number of halogens is 1. The standard InChI is InChI=1S/C28H31ClN2O4/c1-3-16-30-28(33)26(18-21-8-5-4-6-9-21)31(19-22-10-7-11-25(17-22)34-2)27(32)20-35-24-14-12-23(29)13-15-24/h4-15,17,26H,3,16,18-20H2,1-2H3,(H,30,33)/t26-/m1/s1. The highest BCUT2D eigenvalue weighted by molar-refractivity contribution is 6.30. The quantitative estimate of drug-likeness (QED) is 0.389. The van der Waals surface area contributed by atoms with Crippen LogP contribution in [-0.4, -0.2) is 43.0 Å². The predicted octanol–water partition coefficient (Wildman–Crippen LogP) is 4.89. The Kier molecular flexibility index (Phi) is 9.99. The summed E-state index contributed by atoms with van der Waals surface area (Å²) < 4.78 is 11.1. The molecule has 0 aliphatic heterocycles. The number of hydrogen-bond acceptors (Lipinski definition) is 4. The van der Waals surface area contributed by atoms with Crippen LogP contribution in [0.25, 0.3) is 0 Å². The molecule has 0 radical (unpaired) electrons. The number of methoxy groups -OCH3 is 1. The predicted molar refractivity (Wildman–Crippen MR) is 138 cm³/mol. The number of benzene rings is 3. The summed E-state index contributed by atoms with van der Waals surface area (Å²) >= 11 is 5.95. The number of nitrogens with zero attached hydrogens (tertiary/aromatic N) is 1. The van der Waals surface area contributed by atoms with Gasteiger partial charge in [0.15, 0.2) is 6.61 Å². The van der Waals surface area contributed by atoms with Gasteiger partial charge in [-0.25, -0.2) is 0 Å². The summed E-state index contributed by atoms with van der Waals surface area (Å²) in [6, 6.07) is 23.3. The van der Waals surface area contributed by atoms with Gasteiger partial charge >= 0.3 is 0 Å². The van der Waals surface area contributed by atoms with Crippen molar-refractivity contribution in [1.29, 1.82) is 0 Å². The van der Waals surface area contributed by atoms with Crippen LogP contribution in [-0.2, 0) is 22.6 Å². The van der Waals surface area contributed by atoms with Crippen molar-refractivity contribution in [1.82, 2.24) is 10.2 Å². The second-order valence-electron chi connectivity index (χ2n) is 8.11. The zero-order chi connectivity index (χ0) is 25.0. The van der Waals surface area contributed by atoms with Crippen molar-refractivity contribution in [2.75, 3.05) is 20.3 Å². The summed E-state index contributed by atoms with van der Waals surface area (Å²) in [4.78, 5) is 28.4. The number of nitrogens with one attached hydrogen (secondary N) is 1. The van der Waals surface area contributed by atoms with Crippen molar-refractivity contribution in [3.63, 3.8) is 0 Å². The third-order valence-corrected chi connectivity index (χ3v) is 5.74. The SMILES string of the molecule is CCCNC(=O)[C@@H](Cc1ccccc1)N(Cc1cccc(OC)c1)C(=O)COc1ccc(Cl)cc1. The second kappa shape index (κ2) is 13.4. The summed E-state index contributed by atoms with van der Waals surface area (Å²) in [5.41, 5.74) is 1.82. The molecule has 7 heteroatoms. The van der Waals surface area contributed by atoms with Crippen LogP contribution in [0.4, 0.5) is 0 Å². The van der Waals surface area contributed by atoms with Crippen LogP contribution in [0.15, 0.2) is 78.9 Å². The van der Waals surface area contributed by atoms with Crippen molar-refractivity contribution in [3.8, 4) is 11.5 Å². The minimum absolute atomic E-state index is 0.196. The van der Waals surface area contributed by atoms with Gasteiger partial charge in [0.05, 0.1) is 7.11 Å². The lowest BCUT2D eigenvalue weighted by atomic mass is 10.0. The molecule has 0 saturated carbocycles. The first-order valence-corrected chi connectivity index (χ1v) is 12.0. The number of ether oxygens (including phenoxy) is 2. The van der Waals surface area contributed by atoms with Crippen LogP contribution in [0, 0.1) is 0 Å². The fourth-order valence-corrected chi connectivity index (χ4v) is 3.77. The normalized spacial score (nSPS) is 11.4. The van der Waals surface area contributed by atoms with Crippen LogP contribution < -0.4 is 14.8 Å². The summed E-state index contributed by atoms with van der Waals surface area (Å²) in [7, 11) is 1.60. The molecule has 0 aliphatic rings. The monoisotopic (exact) mass is 494 g/mol. The van der Waals surface area contributed by atoms with E-state index in [2.05, 4.69) is 5.32 Å². The number of carbonyl (C=O) groups is 2. The van der Waals surface area contributed by atoms with Crippen molar-refractivity contribution in [2.24, 2.45) is 0 Å². The molecule has 3 aromatic carbocycles. The first-order chi connectivity index (χ1) is 17.0. The van der Waals surface area contributed by atoms with E-state index in [-0.39, 0.29) is 25.0 Å². The molecule has 2 amide bonds. The molecule has 1 N–H and O–H groups in total. The highest BCUT2D eigenvalue weighted by atomic mass is 35.5. The van der Waals surface area contributed by atoms with Crippen molar-refractivity contribution < 1.29 is 19.1 Å². The van der Waals surface area contributed by atoms with Gasteiger partial charge in [-0.3, -0.25) is 9.59 Å². The summed E-state index contributed by atoms with van der Waals surface area (Å²) in [5, 5.41) is 3.55. The maximum absolute atomic E-state index is 13.5. The summed E-state index contributed by atoms with van der Waals surface area (Å²) in [6.45, 7) is 2.55. The van der Waals surface area contributed by atoms with Gasteiger partial charge in [-0.1, -0.05) is 61.0 Å². The zero-order valence-corrected chi connectivity index (χ0v) is 20.8. The van der Waals surface area contributed by atoms with Gasteiger partial charge in [0.2, 0.25) is 5.91 Å². The lowest BCUT2D eigenvalue weighted by molar-refractivity contribution is -0.142. The molecule has 0 saturated heterocycles. The zero-order valence-electron chi connectivity index (χ0n) is 20.1. The summed E-state index contributed by atoms with van der Waals surface area (Å²) in [5.74, 6) is 0.718. The molecule has 1 atom stereocenters. The lowest BCUT2D eigenvalue weighted by Crippen LogP contribution is -2.51. The fourth-order valence-electron chi connectivity index (χ4n) is 3.65. The van der Waals surface area contributed by atoms with Gasteiger partial charge in [0.1, 0.15) is 17.5 Å². The molecule has 3 aromatic rings. The van der Waals surface area contributed by atoms with Crippen LogP contribution in [0.3, 0.4) is 0 Å². The average molecular weight is 495 g/mol. The number of hydrogen-bond donors (Lipinski definition) is 1. The molecule has 0 aromatic heterocycles. The minimum Gasteiger partial charge on any atom is -0.497 e. The first kappa shape index (κ1) is 26.1. The molecule has 0 spiro atoms. The Balaban J connectivity index is 1.89. The Morgan fingerprint density at radius 2 is 1.66 bits per heavy atom. The molecule has 184 valence electrons. The molecule has 0 fully saturated rings. The molecule has 0 aliphatic carbocycles. The average Bonchev–Trinajstić information content (AvgIpc) is 2.89. The largest absolute Gasteiger partial charge is 0.497 e. The maximum atomic E-state index is 13.5. The highest BCUT2D eigenvalue weighted by Gasteiger charge is 2.30. The van der Waals surface area contributed by atoms with Gasteiger partial charge in [0, 0.05) is 24.5 Å². The van der Waals surface area contributed by atoms with Crippen molar-refractivity contribution >= 4 is 23.4 Å². The third-order valence-electron chi connectivity index (χ3n) is 5.48. The van der Waals surface area contributed by atoms with Crippen LogP contribution in [0.2, 0.25) is 5.02 Å². The van der Waals surface area contributed by atoms with E-state index in [1.54, 1.807) is 36.3 Å². The van der Waals surface area contributed by atoms with E-state index < -0.39 is 6.04 Å². The molecule has 0 unspecified atom stereocenters. The van der Waals surface area contributed by atoms with Gasteiger partial charge in [-0.15, -0.1) is 0 Å². The topological polar surface area (TPSA) is 67.9 Å². The van der Waals surface area contributed by atoms with Crippen LogP contribution in [0.5, 0.6) is 11.5 Å². The molecule has 0 heterocycles. The fraction of sp³-hybridized carbons (Fsp3) is 0.286. The molecule has 35 heavy (non-hydrogen) atoms. The van der Waals surface area contributed by atoms with E-state index in [1.807, 2.05) is 61.5 Å². The smallest absolute Gasteiger partial charge is 0.261 e. The van der Waals surface area contributed by atoms with Crippen molar-refractivity contribution in [3.05, 3.63) is 95.0 Å². The second-order valence-corrected chi connectivity index (χ2v) is 8.55. The van der Waals surface area contributed by atoms with E-state index in [0.717, 1.165) is 17.5 Å². The van der Waals surface area contributed by atoms with E-state index in [0.29, 0.717) is 29.5 Å². The van der Waals surface area contributed by atoms with Crippen LogP contribution in [0.1, 0.15) is 24.5 Å². The molecular weight excluding hydrogens is 464 g/mol. The maximum Gasteiger partial charge on any atom is 0.261 e. The van der Waals surface area contributed by atoms with Crippen molar-refractivity contribution in [2.45, 2.75) is 32.4 Å². The molecule has 3 rings (SSSR count). The number of rotatable bonds is 12. The van der Waals surface area contributed by atoms with E-state index in [4.69, 9.17) is 21.1 Å². The highest BCUT2D eigenvalue weighted by Crippen LogP contribution is 2.20. The van der Waals surface area contributed by atoms with Crippen LogP contribution >= 0.6 is 11.6 Å². The van der Waals surface area contributed by atoms with E-state index >= 15 is 0 Å². The number of carbonyl (C=O) groups excluding carboxylic acids is 2. The Morgan fingerprint density at radius 1 is 0.943 bits per heavy atom. The van der Waals surface area contributed by atoms with E-state index in [9.17, 15) is 9.59 Å². The summed E-state index contributed by atoms with van der Waals surface area (Å²) in [6.07, 6.45) is 1.18. The van der Waals surface area contributed by atoms with Gasteiger partial charge in [-0.05, 0) is 53.9 Å². The van der Waals surface area contributed by atoms with Gasteiger partial charge < -0.3 is 19.7 Å². The Hall–Kier alpha value is -3.51. The Morgan fingerprint density at radius 3 is 2.34 bits per heavy atom. The third kappa shape index (κ3) is 8.04. The molecule has 6 nitrogen and oxygen atoms in total. The Labute approximate surface area is 211 Å². The Bertz CT molecular complexity index is 1090. The van der Waals surface area contributed by atoms with Gasteiger partial charge in [-0.2, -0.15) is 0 Å². The molecule has 0 bridgehead atoms. The molecular formula is C28H31ClN2O4. The minimum atomic E-state index is -0.712. The van der Waals surface area contributed by atoms with E-state index in [1.165, 1.54) is 0 Å². The first-order valence-electron chi connectivity index (χ1n) is 11.6. The van der Waals surface area contributed by atoms with Gasteiger partial charge in [0.25, 0.3) is 5.91 Å². The number of amides is 2. The lowest BCUT2D eigenvalue weighted by Gasteiger charge is -2.31.